The second kappa shape index (κ2) is 10.6. The largest absolute Gasteiger partial charge is 0.342 e. The minimum atomic E-state index is -1.29. The maximum atomic E-state index is 14.4. The summed E-state index contributed by atoms with van der Waals surface area (Å²) in [4.78, 5) is 45.7. The summed E-state index contributed by atoms with van der Waals surface area (Å²) in [6, 6.07) is 11.8. The van der Waals surface area contributed by atoms with Gasteiger partial charge in [-0.3, -0.25) is 19.6 Å². The van der Waals surface area contributed by atoms with E-state index in [0.717, 1.165) is 11.1 Å². The maximum Gasteiger partial charge on any atom is 0.340 e. The van der Waals surface area contributed by atoms with Gasteiger partial charge in [0.2, 0.25) is 11.8 Å². The molecule has 4 rings (SSSR count). The summed E-state index contributed by atoms with van der Waals surface area (Å²) >= 11 is 0. The van der Waals surface area contributed by atoms with Crippen molar-refractivity contribution in [3.63, 3.8) is 0 Å². The first-order chi connectivity index (χ1) is 16.8. The molecule has 35 heavy (non-hydrogen) atoms. The number of aromatic amines is 2. The number of carbonyl (C=O) groups is 2. The van der Waals surface area contributed by atoms with E-state index in [9.17, 15) is 18.8 Å². The van der Waals surface area contributed by atoms with Crippen LogP contribution in [0.3, 0.4) is 0 Å². The van der Waals surface area contributed by atoms with Crippen LogP contribution in [0.2, 0.25) is 0 Å². The first-order valence-corrected chi connectivity index (χ1v) is 11.7. The molecule has 0 radical (unpaired) electrons. The molecule has 2 amide bonds. The van der Waals surface area contributed by atoms with Crippen LogP contribution in [0, 0.1) is 0 Å². The van der Waals surface area contributed by atoms with Crippen molar-refractivity contribution in [1.82, 2.24) is 30.4 Å². The Bertz CT molecular complexity index is 1210. The third-order valence-corrected chi connectivity index (χ3v) is 6.19. The molecule has 184 valence electrons. The number of pyridine rings is 1. The van der Waals surface area contributed by atoms with Gasteiger partial charge in [-0.2, -0.15) is 5.10 Å². The lowest BCUT2D eigenvalue weighted by molar-refractivity contribution is -0.138. The molecule has 0 aliphatic carbocycles. The zero-order chi connectivity index (χ0) is 24.9. The van der Waals surface area contributed by atoms with Gasteiger partial charge in [0, 0.05) is 25.5 Å². The molecule has 0 spiro atoms. The molecular formula is C25H29FN6O3. The second-order valence-electron chi connectivity index (χ2n) is 9.04. The predicted molar refractivity (Wildman–Crippen MR) is 127 cm³/mol. The molecule has 1 aliphatic heterocycles. The van der Waals surface area contributed by atoms with Gasteiger partial charge in [0.25, 0.3) is 0 Å². The number of alkyl halides is 1. The molecule has 3 aromatic rings. The van der Waals surface area contributed by atoms with Crippen LogP contribution in [0.5, 0.6) is 0 Å². The monoisotopic (exact) mass is 480 g/mol. The highest BCUT2D eigenvalue weighted by Gasteiger charge is 2.40. The Balaban J connectivity index is 1.51. The number of carbonyl (C=O) groups excluding carboxylic acids is 2. The van der Waals surface area contributed by atoms with Gasteiger partial charge in [-0.15, -0.1) is 0 Å². The first kappa shape index (κ1) is 24.3. The van der Waals surface area contributed by atoms with Gasteiger partial charge in [-0.05, 0) is 23.1 Å². The number of aryl methyl sites for hydroxylation is 1. The molecule has 0 bridgehead atoms. The summed E-state index contributed by atoms with van der Waals surface area (Å²) in [7, 11) is 0. The van der Waals surface area contributed by atoms with Crippen molar-refractivity contribution in [2.24, 2.45) is 0 Å². The van der Waals surface area contributed by atoms with Gasteiger partial charge in [0.15, 0.2) is 0 Å². The lowest BCUT2D eigenvalue weighted by atomic mass is 10.00. The number of likely N-dealkylation sites (tertiary alicyclic amines) is 1. The predicted octanol–water partition coefficient (Wildman–Crippen LogP) is 2.39. The van der Waals surface area contributed by atoms with Crippen molar-refractivity contribution in [3.8, 4) is 0 Å². The number of amides is 2. The van der Waals surface area contributed by atoms with E-state index >= 15 is 0 Å². The second-order valence-corrected chi connectivity index (χ2v) is 9.04. The SMILES string of the molecule is CC(C)c1ccc([C@@H](NC(=O)[C@@H]2C[C@@H](F)CN2C(=O)CCc2n[nH]c(=O)[nH]2)c2ccccc2)nc1. The number of aromatic nitrogens is 4. The number of rotatable bonds is 8. The number of hydrogen-bond donors (Lipinski definition) is 3. The number of H-pyrrole nitrogens is 2. The molecular weight excluding hydrogens is 451 g/mol. The van der Waals surface area contributed by atoms with E-state index in [1.165, 1.54) is 4.90 Å². The van der Waals surface area contributed by atoms with E-state index in [2.05, 4.69) is 39.3 Å². The highest BCUT2D eigenvalue weighted by Crippen LogP contribution is 2.26. The highest BCUT2D eigenvalue weighted by molar-refractivity contribution is 5.89. The molecule has 3 atom stereocenters. The van der Waals surface area contributed by atoms with E-state index in [-0.39, 0.29) is 31.7 Å². The number of nitrogens with zero attached hydrogens (tertiary/aromatic N) is 3. The normalized spacial score (nSPS) is 18.6. The molecule has 1 aliphatic rings. The average molecular weight is 481 g/mol. The fourth-order valence-electron chi connectivity index (χ4n) is 4.24. The standard InChI is InChI=1S/C25H29FN6O3/c1-15(2)17-8-9-19(27-13-17)23(16-6-4-3-5-7-16)29-24(34)20-12-18(26)14-32(20)22(33)11-10-21-28-25(35)31-30-21/h3-9,13,15,18,20,23H,10-12,14H2,1-2H3,(H,29,34)(H2,28,30,31,35)/t18-,20+,23+/m1/s1. The van der Waals surface area contributed by atoms with Gasteiger partial charge in [0.05, 0.1) is 18.3 Å². The van der Waals surface area contributed by atoms with Crippen molar-refractivity contribution in [2.75, 3.05) is 6.54 Å². The Hall–Kier alpha value is -3.82. The van der Waals surface area contributed by atoms with E-state index in [1.54, 1.807) is 6.20 Å². The summed E-state index contributed by atoms with van der Waals surface area (Å²) in [5, 5.41) is 9.02. The number of halogens is 1. The van der Waals surface area contributed by atoms with E-state index in [1.807, 2.05) is 42.5 Å². The Labute approximate surface area is 202 Å². The Morgan fingerprint density at radius 3 is 2.57 bits per heavy atom. The molecule has 1 saturated heterocycles. The average Bonchev–Trinajstić information content (AvgIpc) is 3.46. The summed E-state index contributed by atoms with van der Waals surface area (Å²) < 4.78 is 14.4. The third kappa shape index (κ3) is 5.82. The van der Waals surface area contributed by atoms with Crippen LogP contribution in [-0.4, -0.2) is 55.6 Å². The van der Waals surface area contributed by atoms with Gasteiger partial charge < -0.3 is 10.2 Å². The maximum absolute atomic E-state index is 14.4. The Kier molecular flexibility index (Phi) is 7.38. The highest BCUT2D eigenvalue weighted by atomic mass is 19.1. The van der Waals surface area contributed by atoms with E-state index in [0.29, 0.717) is 17.4 Å². The quantitative estimate of drug-likeness (QED) is 0.457. The van der Waals surface area contributed by atoms with Crippen molar-refractivity contribution >= 4 is 11.8 Å². The number of hydrogen-bond acceptors (Lipinski definition) is 5. The minimum Gasteiger partial charge on any atom is -0.342 e. The molecule has 3 N–H and O–H groups in total. The smallest absolute Gasteiger partial charge is 0.340 e. The van der Waals surface area contributed by atoms with Crippen LogP contribution in [0.15, 0.2) is 53.5 Å². The third-order valence-electron chi connectivity index (χ3n) is 6.19. The first-order valence-electron chi connectivity index (χ1n) is 11.7. The van der Waals surface area contributed by atoms with Crippen LogP contribution in [0.25, 0.3) is 0 Å². The van der Waals surface area contributed by atoms with Crippen molar-refractivity contribution in [3.05, 3.63) is 81.8 Å². The van der Waals surface area contributed by atoms with Crippen molar-refractivity contribution < 1.29 is 14.0 Å². The van der Waals surface area contributed by atoms with Gasteiger partial charge in [-0.1, -0.05) is 50.2 Å². The van der Waals surface area contributed by atoms with Crippen LogP contribution in [0.4, 0.5) is 4.39 Å². The molecule has 1 fully saturated rings. The molecule has 2 aromatic heterocycles. The van der Waals surface area contributed by atoms with E-state index < -0.39 is 29.9 Å². The zero-order valence-electron chi connectivity index (χ0n) is 19.7. The molecule has 1 aromatic carbocycles. The lowest BCUT2D eigenvalue weighted by Crippen LogP contribution is -2.47. The van der Waals surface area contributed by atoms with E-state index in [4.69, 9.17) is 0 Å². The topological polar surface area (TPSA) is 124 Å². The molecule has 0 saturated carbocycles. The van der Waals surface area contributed by atoms with Gasteiger partial charge in [-0.25, -0.2) is 14.3 Å². The summed E-state index contributed by atoms with van der Waals surface area (Å²) in [5.74, 6) is -0.152. The Morgan fingerprint density at radius 1 is 1.17 bits per heavy atom. The fraction of sp³-hybridized carbons (Fsp3) is 0.400. The minimum absolute atomic E-state index is 0.00235. The zero-order valence-corrected chi connectivity index (χ0v) is 19.7. The van der Waals surface area contributed by atoms with Crippen molar-refractivity contribution in [1.29, 1.82) is 0 Å². The summed E-state index contributed by atoms with van der Waals surface area (Å²) in [6.07, 6.45) is 0.608. The van der Waals surface area contributed by atoms with Gasteiger partial charge >= 0.3 is 5.69 Å². The fourth-order valence-corrected chi connectivity index (χ4v) is 4.24. The molecule has 10 heteroatoms. The Morgan fingerprint density at radius 2 is 1.94 bits per heavy atom. The number of nitrogens with one attached hydrogen (secondary N) is 3. The number of benzene rings is 1. The lowest BCUT2D eigenvalue weighted by Gasteiger charge is -2.26. The van der Waals surface area contributed by atoms with Crippen molar-refractivity contribution in [2.45, 2.75) is 57.3 Å². The summed E-state index contributed by atoms with van der Waals surface area (Å²) in [6.45, 7) is 4.01. The molecule has 9 nitrogen and oxygen atoms in total. The van der Waals surface area contributed by atoms with Crippen LogP contribution < -0.4 is 11.0 Å². The van der Waals surface area contributed by atoms with Crippen LogP contribution in [-0.2, 0) is 16.0 Å². The summed E-state index contributed by atoms with van der Waals surface area (Å²) in [5.41, 5.74) is 2.11. The molecule has 0 unspecified atom stereocenters. The van der Waals surface area contributed by atoms with Gasteiger partial charge in [0.1, 0.15) is 18.0 Å². The molecule has 3 heterocycles. The van der Waals surface area contributed by atoms with Crippen LogP contribution >= 0.6 is 0 Å². The van der Waals surface area contributed by atoms with Crippen LogP contribution in [0.1, 0.15) is 61.3 Å².